The van der Waals surface area contributed by atoms with Gasteiger partial charge in [-0.05, 0) is 51.0 Å². The predicted molar refractivity (Wildman–Crippen MR) is 120 cm³/mol. The molecule has 0 atom stereocenters. The van der Waals surface area contributed by atoms with E-state index in [4.69, 9.17) is 4.74 Å². The first-order valence-corrected chi connectivity index (χ1v) is 10.8. The van der Waals surface area contributed by atoms with Gasteiger partial charge in [0.05, 0.1) is 5.52 Å². The number of ether oxygens (including phenoxy) is 1. The van der Waals surface area contributed by atoms with Crippen LogP contribution >= 0.6 is 11.3 Å². The fraction of sp³-hybridized carbons (Fsp3) is 0.348. The van der Waals surface area contributed by atoms with E-state index in [1.165, 1.54) is 0 Å². The lowest BCUT2D eigenvalue weighted by molar-refractivity contribution is 0.0270. The normalized spacial score (nSPS) is 14.7. The van der Waals surface area contributed by atoms with E-state index in [0.717, 1.165) is 32.6 Å². The molecule has 0 saturated carbocycles. The van der Waals surface area contributed by atoms with Gasteiger partial charge in [-0.2, -0.15) is 0 Å². The second kappa shape index (κ2) is 7.72. The fourth-order valence-corrected chi connectivity index (χ4v) is 4.29. The molecular formula is C23H25N3O3S. The van der Waals surface area contributed by atoms with Gasteiger partial charge in [-0.3, -0.25) is 9.36 Å². The zero-order valence-electron chi connectivity index (χ0n) is 17.6. The molecule has 2 aromatic heterocycles. The molecule has 0 saturated heterocycles. The van der Waals surface area contributed by atoms with Gasteiger partial charge in [-0.25, -0.2) is 9.78 Å². The van der Waals surface area contributed by atoms with E-state index in [1.54, 1.807) is 33.9 Å². The number of fused-ring (bicyclic) bond motifs is 1. The molecule has 0 fully saturated rings. The van der Waals surface area contributed by atoms with Crippen LogP contribution in [0.15, 0.2) is 42.0 Å². The van der Waals surface area contributed by atoms with Gasteiger partial charge in [0.25, 0.3) is 0 Å². The summed E-state index contributed by atoms with van der Waals surface area (Å²) in [6, 6.07) is 6.08. The summed E-state index contributed by atoms with van der Waals surface area (Å²) in [4.78, 5) is 30.7. The van der Waals surface area contributed by atoms with Crippen LogP contribution in [0.2, 0.25) is 0 Å². The minimum Gasteiger partial charge on any atom is -0.444 e. The van der Waals surface area contributed by atoms with Crippen molar-refractivity contribution in [1.29, 1.82) is 0 Å². The highest BCUT2D eigenvalue weighted by atomic mass is 32.1. The molecule has 4 rings (SSSR count). The smallest absolute Gasteiger partial charge is 0.410 e. The van der Waals surface area contributed by atoms with E-state index in [-0.39, 0.29) is 12.0 Å². The Labute approximate surface area is 179 Å². The van der Waals surface area contributed by atoms with Gasteiger partial charge >= 0.3 is 6.09 Å². The van der Waals surface area contributed by atoms with Crippen molar-refractivity contribution >= 4 is 39.8 Å². The average molecular weight is 424 g/mol. The third kappa shape index (κ3) is 4.03. The van der Waals surface area contributed by atoms with Crippen molar-refractivity contribution in [1.82, 2.24) is 14.5 Å². The molecular weight excluding hydrogens is 398 g/mol. The van der Waals surface area contributed by atoms with Crippen LogP contribution in [0.1, 0.15) is 44.5 Å². The largest absolute Gasteiger partial charge is 0.444 e. The summed E-state index contributed by atoms with van der Waals surface area (Å²) in [7, 11) is 0. The lowest BCUT2D eigenvalue weighted by atomic mass is 9.98. The molecule has 0 aliphatic carbocycles. The maximum atomic E-state index is 12.4. The molecule has 156 valence electrons. The Kier molecular flexibility index (Phi) is 5.24. The quantitative estimate of drug-likeness (QED) is 0.550. The van der Waals surface area contributed by atoms with Crippen LogP contribution in [0.5, 0.6) is 0 Å². The topological polar surface area (TPSA) is 64.4 Å². The van der Waals surface area contributed by atoms with E-state index in [0.29, 0.717) is 19.5 Å². The molecule has 0 unspecified atom stereocenters. The number of benzene rings is 1. The number of rotatable bonds is 2. The molecule has 7 heteroatoms. The number of hydrogen-bond donors (Lipinski definition) is 0. The Morgan fingerprint density at radius 2 is 2.03 bits per heavy atom. The maximum Gasteiger partial charge on any atom is 0.410 e. The van der Waals surface area contributed by atoms with Crippen LogP contribution in [-0.2, 0) is 4.74 Å². The summed E-state index contributed by atoms with van der Waals surface area (Å²) in [5, 5.41) is 3.93. The molecule has 1 aromatic carbocycles. The fourth-order valence-electron chi connectivity index (χ4n) is 3.65. The number of carbonyl (C=O) groups is 2. The Morgan fingerprint density at radius 1 is 1.23 bits per heavy atom. The first-order chi connectivity index (χ1) is 14.2. The van der Waals surface area contributed by atoms with Crippen LogP contribution in [0.25, 0.3) is 27.0 Å². The number of nitrogens with zero attached hydrogens (tertiary/aromatic N) is 3. The van der Waals surface area contributed by atoms with Crippen molar-refractivity contribution in [3.05, 3.63) is 47.6 Å². The zero-order chi connectivity index (χ0) is 21.5. The van der Waals surface area contributed by atoms with Gasteiger partial charge in [-0.15, -0.1) is 11.3 Å². The molecule has 3 heterocycles. The summed E-state index contributed by atoms with van der Waals surface area (Å²) >= 11 is 1.59. The third-order valence-electron chi connectivity index (χ3n) is 5.03. The second-order valence-corrected chi connectivity index (χ2v) is 9.30. The minimum atomic E-state index is -0.512. The Morgan fingerprint density at radius 3 is 2.63 bits per heavy atom. The Balaban J connectivity index is 1.69. The van der Waals surface area contributed by atoms with Gasteiger partial charge in [0.1, 0.15) is 10.6 Å². The first-order valence-electron chi connectivity index (χ1n) is 9.96. The average Bonchev–Trinajstić information content (AvgIpc) is 3.34. The molecule has 0 spiro atoms. The van der Waals surface area contributed by atoms with Gasteiger partial charge in [-0.1, -0.05) is 6.08 Å². The maximum absolute atomic E-state index is 12.4. The van der Waals surface area contributed by atoms with Gasteiger partial charge in [0, 0.05) is 54.3 Å². The number of aromatic nitrogens is 2. The summed E-state index contributed by atoms with van der Waals surface area (Å²) in [6.45, 7) is 8.24. The summed E-state index contributed by atoms with van der Waals surface area (Å²) in [5.41, 5.74) is 3.57. The second-order valence-electron chi connectivity index (χ2n) is 8.41. The standard InChI is InChI=1S/C23H25N3O3S/c1-15(27)26-14-19(16-7-10-25(11-8-16)22(28)29-23(2,3)4)18-13-17(5-6-20(18)26)21-24-9-12-30-21/h5-7,9,12-14H,8,10-11H2,1-4H3. The highest BCUT2D eigenvalue weighted by molar-refractivity contribution is 7.13. The molecule has 6 nitrogen and oxygen atoms in total. The number of thiazole rings is 1. The van der Waals surface area contributed by atoms with Crippen molar-refractivity contribution in [2.45, 2.75) is 39.7 Å². The summed E-state index contributed by atoms with van der Waals surface area (Å²) < 4.78 is 7.18. The van der Waals surface area contributed by atoms with Crippen LogP contribution < -0.4 is 0 Å². The molecule has 0 radical (unpaired) electrons. The van der Waals surface area contributed by atoms with E-state index >= 15 is 0 Å². The van der Waals surface area contributed by atoms with Crippen LogP contribution in [0, 0.1) is 0 Å². The number of amides is 1. The first kappa shape index (κ1) is 20.3. The molecule has 0 N–H and O–H groups in total. The summed E-state index contributed by atoms with van der Waals surface area (Å²) in [5.74, 6) is -0.0277. The van der Waals surface area contributed by atoms with Crippen LogP contribution in [0.3, 0.4) is 0 Å². The highest BCUT2D eigenvalue weighted by Gasteiger charge is 2.25. The molecule has 30 heavy (non-hydrogen) atoms. The van der Waals surface area contributed by atoms with Crippen molar-refractivity contribution < 1.29 is 14.3 Å². The Hall–Kier alpha value is -2.93. The monoisotopic (exact) mass is 423 g/mol. The van der Waals surface area contributed by atoms with Gasteiger partial charge in [0.2, 0.25) is 5.91 Å². The van der Waals surface area contributed by atoms with Crippen molar-refractivity contribution in [3.63, 3.8) is 0 Å². The Bertz CT molecular complexity index is 1140. The number of carbonyl (C=O) groups excluding carboxylic acids is 2. The molecule has 3 aromatic rings. The zero-order valence-corrected chi connectivity index (χ0v) is 18.5. The highest BCUT2D eigenvalue weighted by Crippen LogP contribution is 2.34. The molecule has 1 aliphatic heterocycles. The molecule has 1 amide bonds. The molecule has 1 aliphatic rings. The molecule has 0 bridgehead atoms. The predicted octanol–water partition coefficient (Wildman–Crippen LogP) is 5.45. The van der Waals surface area contributed by atoms with Crippen LogP contribution in [-0.4, -0.2) is 45.1 Å². The summed E-state index contributed by atoms with van der Waals surface area (Å²) in [6.07, 6.45) is 6.17. The van der Waals surface area contributed by atoms with Crippen molar-refractivity contribution in [3.8, 4) is 10.6 Å². The SMILES string of the molecule is CC(=O)n1cc(C2=CCN(C(=O)OC(C)(C)C)CC2)c2cc(-c3nccs3)ccc21. The van der Waals surface area contributed by atoms with E-state index < -0.39 is 5.60 Å². The minimum absolute atomic E-state index is 0.0277. The third-order valence-corrected chi connectivity index (χ3v) is 5.85. The van der Waals surface area contributed by atoms with E-state index in [9.17, 15) is 9.59 Å². The lowest BCUT2D eigenvalue weighted by Gasteiger charge is -2.29. The van der Waals surface area contributed by atoms with Crippen LogP contribution in [0.4, 0.5) is 4.79 Å². The van der Waals surface area contributed by atoms with Crippen molar-refractivity contribution in [2.75, 3.05) is 13.1 Å². The van der Waals surface area contributed by atoms with E-state index in [1.807, 2.05) is 44.5 Å². The van der Waals surface area contributed by atoms with E-state index in [2.05, 4.69) is 17.1 Å². The number of hydrogen-bond acceptors (Lipinski definition) is 5. The lowest BCUT2D eigenvalue weighted by Crippen LogP contribution is -2.39. The van der Waals surface area contributed by atoms with Gasteiger partial charge in [0.15, 0.2) is 0 Å². The van der Waals surface area contributed by atoms with Crippen molar-refractivity contribution in [2.24, 2.45) is 0 Å². The van der Waals surface area contributed by atoms with Gasteiger partial charge < -0.3 is 9.64 Å².